The molecule has 2 aromatic carbocycles. The molecule has 0 bridgehead atoms. The summed E-state index contributed by atoms with van der Waals surface area (Å²) in [4.78, 5) is 24.2. The molecule has 0 aliphatic carbocycles. The van der Waals surface area contributed by atoms with Gasteiger partial charge in [-0.25, -0.2) is 0 Å². The van der Waals surface area contributed by atoms with E-state index < -0.39 is 0 Å². The summed E-state index contributed by atoms with van der Waals surface area (Å²) in [5, 5.41) is 1.56. The molecule has 34 heavy (non-hydrogen) atoms. The molecule has 1 fully saturated rings. The third kappa shape index (κ3) is 3.91. The van der Waals surface area contributed by atoms with E-state index in [1.807, 2.05) is 35.2 Å². The minimum absolute atomic E-state index is 0.314. The van der Waals surface area contributed by atoms with Crippen LogP contribution in [-0.2, 0) is 11.3 Å². The number of aromatic nitrogens is 2. The van der Waals surface area contributed by atoms with Crippen LogP contribution in [-0.4, -0.2) is 36.3 Å². The number of ether oxygens (including phenoxy) is 2. The Labute approximate surface area is 199 Å². The number of fused-ring (bicyclic) bond motifs is 2. The molecule has 8 heteroatoms. The van der Waals surface area contributed by atoms with Crippen molar-refractivity contribution in [2.75, 3.05) is 31.2 Å². The van der Waals surface area contributed by atoms with E-state index in [2.05, 4.69) is 28.2 Å². The Balaban J connectivity index is 1.53. The molecular weight excluding hydrogens is 450 g/mol. The molecule has 3 aromatic heterocycles. The van der Waals surface area contributed by atoms with Crippen LogP contribution in [0.15, 0.2) is 76.2 Å². The number of rotatable bonds is 5. The first kappa shape index (κ1) is 20.8. The van der Waals surface area contributed by atoms with Gasteiger partial charge in [-0.3, -0.25) is 9.78 Å². The van der Waals surface area contributed by atoms with Crippen LogP contribution in [0.2, 0.25) is 0 Å². The van der Waals surface area contributed by atoms with E-state index in [-0.39, 0.29) is 5.56 Å². The zero-order valence-corrected chi connectivity index (χ0v) is 19.1. The molecule has 0 spiro atoms. The van der Waals surface area contributed by atoms with Crippen molar-refractivity contribution in [1.29, 1.82) is 0 Å². The topological polar surface area (TPSA) is 77.7 Å². The number of thiophene rings is 1. The average Bonchev–Trinajstić information content (AvgIpc) is 3.32. The number of benzene rings is 2. The minimum atomic E-state index is -0.314. The highest BCUT2D eigenvalue weighted by molar-refractivity contribution is 7.22. The molecule has 0 saturated carbocycles. The number of morpholine rings is 1. The van der Waals surface area contributed by atoms with Crippen molar-refractivity contribution in [3.8, 4) is 16.2 Å². The van der Waals surface area contributed by atoms with Crippen molar-refractivity contribution in [2.24, 2.45) is 0 Å². The number of hydrogen-bond donors (Lipinski definition) is 0. The molecule has 170 valence electrons. The summed E-state index contributed by atoms with van der Waals surface area (Å²) in [5.74, 6) is 0.651. The Kier molecular flexibility index (Phi) is 5.44. The van der Waals surface area contributed by atoms with Gasteiger partial charge in [0.1, 0.15) is 12.4 Å². The summed E-state index contributed by atoms with van der Waals surface area (Å²) in [6, 6.07) is 18.0. The van der Waals surface area contributed by atoms with Gasteiger partial charge >= 0.3 is 6.01 Å². The first-order chi connectivity index (χ1) is 16.8. The lowest BCUT2D eigenvalue weighted by atomic mass is 10.1. The minimum Gasteiger partial charge on any atom is -0.488 e. The van der Waals surface area contributed by atoms with Crippen LogP contribution in [0.1, 0.15) is 5.56 Å². The summed E-state index contributed by atoms with van der Waals surface area (Å²) in [5.41, 5.74) is 1.94. The summed E-state index contributed by atoms with van der Waals surface area (Å²) >= 11 is 1.64. The quantitative estimate of drug-likeness (QED) is 0.361. The van der Waals surface area contributed by atoms with Crippen molar-refractivity contribution >= 4 is 38.4 Å². The van der Waals surface area contributed by atoms with Gasteiger partial charge in [0.15, 0.2) is 5.58 Å². The second-order valence-corrected chi connectivity index (χ2v) is 9.09. The number of pyridine rings is 1. The lowest BCUT2D eigenvalue weighted by Gasteiger charge is -2.26. The van der Waals surface area contributed by atoms with Gasteiger partial charge in [-0.2, -0.15) is 4.98 Å². The van der Waals surface area contributed by atoms with Gasteiger partial charge in [-0.1, -0.05) is 18.2 Å². The van der Waals surface area contributed by atoms with Crippen molar-refractivity contribution < 1.29 is 13.9 Å². The average molecular weight is 472 g/mol. The Morgan fingerprint density at radius 1 is 1.03 bits per heavy atom. The van der Waals surface area contributed by atoms with E-state index >= 15 is 0 Å². The maximum absolute atomic E-state index is 13.0. The third-order valence-electron chi connectivity index (χ3n) is 5.84. The highest BCUT2D eigenvalue weighted by Gasteiger charge is 2.22. The predicted octanol–water partition coefficient (Wildman–Crippen LogP) is 4.88. The van der Waals surface area contributed by atoms with E-state index in [1.165, 1.54) is 0 Å². The van der Waals surface area contributed by atoms with Crippen molar-refractivity contribution in [2.45, 2.75) is 6.61 Å². The van der Waals surface area contributed by atoms with Crippen molar-refractivity contribution in [1.82, 2.24) is 9.97 Å². The molecule has 6 rings (SSSR count). The normalized spacial score (nSPS) is 14.1. The van der Waals surface area contributed by atoms with Gasteiger partial charge in [-0.15, -0.1) is 11.3 Å². The van der Waals surface area contributed by atoms with Gasteiger partial charge in [0.05, 0.1) is 24.2 Å². The number of hydrogen-bond acceptors (Lipinski definition) is 8. The van der Waals surface area contributed by atoms with Crippen molar-refractivity contribution in [3.63, 3.8) is 0 Å². The highest BCUT2D eigenvalue weighted by Crippen LogP contribution is 2.43. The van der Waals surface area contributed by atoms with Gasteiger partial charge in [0.2, 0.25) is 0 Å². The standard InChI is InChI=1S/C26H21N3O4S/c30-25-19-5-6-20(32-16-17-7-9-27-10-8-17)23(22-15-18-3-1-2-4-21(18)34-22)24(19)33-26(28-25)29-11-13-31-14-12-29/h1-10,15H,11-14,16H2. The van der Waals surface area contributed by atoms with Crippen LogP contribution in [0.5, 0.6) is 5.75 Å². The highest BCUT2D eigenvalue weighted by atomic mass is 32.1. The van der Waals surface area contributed by atoms with E-state index in [9.17, 15) is 4.79 Å². The van der Waals surface area contributed by atoms with Gasteiger partial charge < -0.3 is 18.8 Å². The molecule has 0 radical (unpaired) electrons. The first-order valence-corrected chi connectivity index (χ1v) is 11.9. The number of nitrogens with zero attached hydrogens (tertiary/aromatic N) is 3. The van der Waals surface area contributed by atoms with Gasteiger partial charge in [0, 0.05) is 35.1 Å². The molecule has 1 aliphatic rings. The van der Waals surface area contributed by atoms with Crippen LogP contribution >= 0.6 is 11.3 Å². The Bertz CT molecular complexity index is 1490. The fourth-order valence-corrected chi connectivity index (χ4v) is 5.20. The largest absolute Gasteiger partial charge is 0.488 e. The van der Waals surface area contributed by atoms with Crippen molar-refractivity contribution in [3.05, 3.63) is 82.9 Å². The molecule has 7 nitrogen and oxygen atoms in total. The van der Waals surface area contributed by atoms with Crippen LogP contribution in [0.25, 0.3) is 31.5 Å². The maximum atomic E-state index is 13.0. The maximum Gasteiger partial charge on any atom is 0.301 e. The molecule has 1 aliphatic heterocycles. The molecule has 1 saturated heterocycles. The number of anilines is 1. The van der Waals surface area contributed by atoms with Gasteiger partial charge in [-0.05, 0) is 47.3 Å². The second-order valence-electron chi connectivity index (χ2n) is 8.01. The van der Waals surface area contributed by atoms with Crippen LogP contribution in [0, 0.1) is 0 Å². The fraction of sp³-hybridized carbons (Fsp3) is 0.192. The molecule has 0 atom stereocenters. The lowest BCUT2D eigenvalue weighted by molar-refractivity contribution is 0.120. The Hall–Kier alpha value is -3.75. The third-order valence-corrected chi connectivity index (χ3v) is 6.97. The Morgan fingerprint density at radius 2 is 1.85 bits per heavy atom. The summed E-state index contributed by atoms with van der Waals surface area (Å²) in [7, 11) is 0. The zero-order valence-electron chi connectivity index (χ0n) is 18.3. The monoisotopic (exact) mass is 471 g/mol. The van der Waals surface area contributed by atoms with E-state index in [0.717, 1.165) is 26.1 Å². The summed E-state index contributed by atoms with van der Waals surface area (Å²) < 4.78 is 19.2. The smallest absolute Gasteiger partial charge is 0.301 e. The SMILES string of the molecule is O=c1nc(N2CCOCC2)oc2c(-c3cc4ccccc4s3)c(OCc3ccncc3)ccc12. The lowest BCUT2D eigenvalue weighted by Crippen LogP contribution is -2.37. The molecule has 0 unspecified atom stereocenters. The molecular formula is C26H21N3O4S. The van der Waals surface area contributed by atoms with Gasteiger partial charge in [0.25, 0.3) is 5.56 Å². The van der Waals surface area contributed by atoms with E-state index in [1.54, 1.807) is 29.8 Å². The fourth-order valence-electron chi connectivity index (χ4n) is 4.09. The zero-order chi connectivity index (χ0) is 22.9. The van der Waals surface area contributed by atoms with Crippen LogP contribution in [0.4, 0.5) is 6.01 Å². The second kappa shape index (κ2) is 8.89. The molecule has 0 N–H and O–H groups in total. The predicted molar refractivity (Wildman–Crippen MR) is 133 cm³/mol. The molecule has 0 amide bonds. The Morgan fingerprint density at radius 3 is 2.68 bits per heavy atom. The summed E-state index contributed by atoms with van der Waals surface area (Å²) in [6.45, 7) is 2.76. The summed E-state index contributed by atoms with van der Waals surface area (Å²) in [6.07, 6.45) is 3.48. The molecule has 5 aromatic rings. The van der Waals surface area contributed by atoms with Crippen LogP contribution in [0.3, 0.4) is 0 Å². The first-order valence-electron chi connectivity index (χ1n) is 11.1. The van der Waals surface area contributed by atoms with Crippen LogP contribution < -0.4 is 15.2 Å². The molecule has 4 heterocycles. The van der Waals surface area contributed by atoms with E-state index in [4.69, 9.17) is 13.9 Å². The van der Waals surface area contributed by atoms with E-state index in [0.29, 0.717) is 55.6 Å².